The molecule has 1 saturated carbocycles. The van der Waals surface area contributed by atoms with Crippen LogP contribution in [-0.4, -0.2) is 22.4 Å². The molecule has 0 amide bonds. The number of esters is 1. The Morgan fingerprint density at radius 2 is 2.31 bits per heavy atom. The van der Waals surface area contributed by atoms with Crippen molar-refractivity contribution in [1.82, 2.24) is 9.78 Å². The summed E-state index contributed by atoms with van der Waals surface area (Å²) in [5.74, 6) is 0.0506. The summed E-state index contributed by atoms with van der Waals surface area (Å²) < 4.78 is 6.68. The van der Waals surface area contributed by atoms with E-state index in [-0.39, 0.29) is 5.97 Å². The van der Waals surface area contributed by atoms with Gasteiger partial charge in [-0.3, -0.25) is 0 Å². The molecule has 0 aromatic carbocycles. The van der Waals surface area contributed by atoms with Gasteiger partial charge in [0.05, 0.1) is 18.8 Å². The highest BCUT2D eigenvalue weighted by Crippen LogP contribution is 2.31. The van der Waals surface area contributed by atoms with Gasteiger partial charge >= 0.3 is 5.97 Å². The molecule has 1 heterocycles. The Hall–Kier alpha value is -1.52. The van der Waals surface area contributed by atoms with Crippen molar-refractivity contribution in [3.63, 3.8) is 0 Å². The van der Waals surface area contributed by atoms with Crippen LogP contribution in [0.15, 0.2) is 6.20 Å². The molecular formula is C11H17N3O2. The Bertz CT molecular complexity index is 381. The van der Waals surface area contributed by atoms with Gasteiger partial charge in [-0.2, -0.15) is 5.10 Å². The maximum Gasteiger partial charge on any atom is 0.343 e. The number of anilines is 1. The fraction of sp³-hybridized carbons (Fsp3) is 0.636. The maximum absolute atomic E-state index is 11.5. The highest BCUT2D eigenvalue weighted by molar-refractivity contribution is 5.93. The number of carbonyl (C=O) groups is 1. The van der Waals surface area contributed by atoms with Crippen molar-refractivity contribution in [2.45, 2.75) is 38.6 Å². The van der Waals surface area contributed by atoms with E-state index in [1.165, 1.54) is 19.0 Å². The van der Waals surface area contributed by atoms with E-state index < -0.39 is 0 Å². The molecule has 1 aliphatic rings. The Morgan fingerprint density at radius 1 is 1.62 bits per heavy atom. The lowest BCUT2D eigenvalue weighted by Gasteiger charge is -2.11. The summed E-state index contributed by atoms with van der Waals surface area (Å²) in [6.45, 7) is 2.13. The van der Waals surface area contributed by atoms with Crippen molar-refractivity contribution in [1.29, 1.82) is 0 Å². The van der Waals surface area contributed by atoms with Gasteiger partial charge < -0.3 is 10.5 Å². The normalized spacial score (nSPS) is 16.6. The molecule has 0 radical (unpaired) electrons. The molecule has 0 atom stereocenters. The van der Waals surface area contributed by atoms with Crippen LogP contribution >= 0.6 is 0 Å². The van der Waals surface area contributed by atoms with Crippen LogP contribution in [0.4, 0.5) is 5.82 Å². The Balaban J connectivity index is 2.19. The molecule has 0 unspecified atom stereocenters. The van der Waals surface area contributed by atoms with Crippen LogP contribution in [0.2, 0.25) is 0 Å². The molecule has 2 rings (SSSR count). The Morgan fingerprint density at radius 3 is 2.94 bits per heavy atom. The van der Waals surface area contributed by atoms with Crippen molar-refractivity contribution in [2.24, 2.45) is 0 Å². The molecule has 16 heavy (non-hydrogen) atoms. The highest BCUT2D eigenvalue weighted by atomic mass is 16.5. The number of nitrogen functional groups attached to an aromatic ring is 1. The standard InChI is InChI=1S/C11H17N3O2/c1-2-16-11(15)9-7-13-14(10(9)12)8-5-3-4-6-8/h7-8H,2-6,12H2,1H3. The largest absolute Gasteiger partial charge is 0.462 e. The second-order valence-electron chi connectivity index (χ2n) is 4.05. The van der Waals surface area contributed by atoms with Gasteiger partial charge in [0, 0.05) is 0 Å². The summed E-state index contributed by atoms with van der Waals surface area (Å²) in [5, 5.41) is 4.19. The lowest BCUT2D eigenvalue weighted by molar-refractivity contribution is 0.0527. The zero-order valence-corrected chi connectivity index (χ0v) is 9.48. The van der Waals surface area contributed by atoms with Crippen LogP contribution in [0, 0.1) is 0 Å². The van der Waals surface area contributed by atoms with Gasteiger partial charge in [0.25, 0.3) is 0 Å². The fourth-order valence-corrected chi connectivity index (χ4v) is 2.18. The number of ether oxygens (including phenoxy) is 1. The summed E-state index contributed by atoms with van der Waals surface area (Å²) >= 11 is 0. The second kappa shape index (κ2) is 4.55. The van der Waals surface area contributed by atoms with E-state index in [1.807, 2.05) is 0 Å². The lowest BCUT2D eigenvalue weighted by atomic mass is 10.2. The van der Waals surface area contributed by atoms with Gasteiger partial charge in [-0.05, 0) is 19.8 Å². The van der Waals surface area contributed by atoms with Crippen molar-refractivity contribution in [3.8, 4) is 0 Å². The zero-order chi connectivity index (χ0) is 11.5. The average molecular weight is 223 g/mol. The summed E-state index contributed by atoms with van der Waals surface area (Å²) in [6, 6.07) is 0.350. The average Bonchev–Trinajstić information content (AvgIpc) is 2.86. The minimum Gasteiger partial charge on any atom is -0.462 e. The highest BCUT2D eigenvalue weighted by Gasteiger charge is 2.23. The predicted molar refractivity (Wildman–Crippen MR) is 60.1 cm³/mol. The van der Waals surface area contributed by atoms with Crippen molar-refractivity contribution in [3.05, 3.63) is 11.8 Å². The molecule has 2 N–H and O–H groups in total. The smallest absolute Gasteiger partial charge is 0.343 e. The number of aromatic nitrogens is 2. The van der Waals surface area contributed by atoms with Crippen LogP contribution in [0.25, 0.3) is 0 Å². The maximum atomic E-state index is 11.5. The summed E-state index contributed by atoms with van der Waals surface area (Å²) in [6.07, 6.45) is 6.10. The summed E-state index contributed by atoms with van der Waals surface area (Å²) in [7, 11) is 0. The fourth-order valence-electron chi connectivity index (χ4n) is 2.18. The molecule has 1 aliphatic carbocycles. The van der Waals surface area contributed by atoms with Crippen LogP contribution in [0.5, 0.6) is 0 Å². The first kappa shape index (κ1) is 11.0. The van der Waals surface area contributed by atoms with E-state index in [0.717, 1.165) is 12.8 Å². The molecule has 1 aromatic heterocycles. The van der Waals surface area contributed by atoms with Crippen LogP contribution in [-0.2, 0) is 4.74 Å². The van der Waals surface area contributed by atoms with Crippen LogP contribution in [0.3, 0.4) is 0 Å². The second-order valence-corrected chi connectivity index (χ2v) is 4.05. The molecular weight excluding hydrogens is 206 g/mol. The van der Waals surface area contributed by atoms with E-state index in [2.05, 4.69) is 5.10 Å². The molecule has 1 fully saturated rings. The number of rotatable bonds is 3. The van der Waals surface area contributed by atoms with Crippen LogP contribution in [0.1, 0.15) is 49.0 Å². The number of nitrogens with zero attached hydrogens (tertiary/aromatic N) is 2. The van der Waals surface area contributed by atoms with Gasteiger partial charge in [-0.1, -0.05) is 12.8 Å². The van der Waals surface area contributed by atoms with E-state index in [0.29, 0.717) is 24.0 Å². The van der Waals surface area contributed by atoms with E-state index >= 15 is 0 Å². The monoisotopic (exact) mass is 223 g/mol. The first-order valence-electron chi connectivity index (χ1n) is 5.74. The van der Waals surface area contributed by atoms with Gasteiger partial charge in [0.15, 0.2) is 0 Å². The quantitative estimate of drug-likeness (QED) is 0.792. The third kappa shape index (κ3) is 1.89. The summed E-state index contributed by atoms with van der Waals surface area (Å²) in [5.41, 5.74) is 6.30. The van der Waals surface area contributed by atoms with E-state index in [4.69, 9.17) is 10.5 Å². The van der Waals surface area contributed by atoms with Crippen molar-refractivity contribution in [2.75, 3.05) is 12.3 Å². The Labute approximate surface area is 94.6 Å². The third-order valence-electron chi connectivity index (χ3n) is 3.00. The molecule has 0 spiro atoms. The molecule has 88 valence electrons. The van der Waals surface area contributed by atoms with Gasteiger partial charge in [-0.25, -0.2) is 9.48 Å². The van der Waals surface area contributed by atoms with Gasteiger partial charge in [0.1, 0.15) is 11.4 Å². The zero-order valence-electron chi connectivity index (χ0n) is 9.48. The first-order chi connectivity index (χ1) is 7.74. The SMILES string of the molecule is CCOC(=O)c1cnn(C2CCCC2)c1N. The molecule has 0 saturated heterocycles. The van der Waals surface area contributed by atoms with E-state index in [9.17, 15) is 4.79 Å². The lowest BCUT2D eigenvalue weighted by Crippen LogP contribution is -2.12. The van der Waals surface area contributed by atoms with Gasteiger partial charge in [0.2, 0.25) is 0 Å². The number of hydrogen-bond donors (Lipinski definition) is 1. The first-order valence-corrected chi connectivity index (χ1v) is 5.74. The number of carbonyl (C=O) groups excluding carboxylic acids is 1. The number of hydrogen-bond acceptors (Lipinski definition) is 4. The molecule has 5 heteroatoms. The van der Waals surface area contributed by atoms with Crippen molar-refractivity contribution >= 4 is 11.8 Å². The molecule has 0 bridgehead atoms. The van der Waals surface area contributed by atoms with Gasteiger partial charge in [-0.15, -0.1) is 0 Å². The van der Waals surface area contributed by atoms with Crippen molar-refractivity contribution < 1.29 is 9.53 Å². The predicted octanol–water partition coefficient (Wildman–Crippen LogP) is 1.76. The number of nitrogens with two attached hydrogens (primary N) is 1. The third-order valence-corrected chi connectivity index (χ3v) is 3.00. The molecule has 0 aliphatic heterocycles. The Kier molecular flexibility index (Phi) is 3.12. The topological polar surface area (TPSA) is 70.1 Å². The van der Waals surface area contributed by atoms with E-state index in [1.54, 1.807) is 11.6 Å². The minimum absolute atomic E-state index is 0.350. The molecule has 5 nitrogen and oxygen atoms in total. The summed E-state index contributed by atoms with van der Waals surface area (Å²) in [4.78, 5) is 11.5. The minimum atomic E-state index is -0.385. The van der Waals surface area contributed by atoms with Crippen LogP contribution < -0.4 is 5.73 Å². The molecule has 1 aromatic rings.